The minimum Gasteiger partial charge on any atom is -0.371 e. The molecule has 4 nitrogen and oxygen atoms in total. The van der Waals surface area contributed by atoms with Gasteiger partial charge in [-0.25, -0.2) is 0 Å². The Morgan fingerprint density at radius 1 is 1.39 bits per heavy atom. The van der Waals surface area contributed by atoms with Crippen molar-refractivity contribution in [1.29, 1.82) is 0 Å². The summed E-state index contributed by atoms with van der Waals surface area (Å²) in [6.07, 6.45) is 6.29. The van der Waals surface area contributed by atoms with E-state index in [1.807, 2.05) is 12.4 Å². The molecule has 0 radical (unpaired) electrons. The Hall–Kier alpha value is -1.13. The van der Waals surface area contributed by atoms with Crippen LogP contribution >= 0.6 is 0 Å². The second-order valence-corrected chi connectivity index (χ2v) is 5.40. The molecule has 1 aromatic rings. The minimum absolute atomic E-state index is 0.570. The van der Waals surface area contributed by atoms with Crippen LogP contribution in [-0.4, -0.2) is 43.6 Å². The van der Waals surface area contributed by atoms with E-state index in [1.54, 1.807) is 0 Å². The van der Waals surface area contributed by atoms with Crippen molar-refractivity contribution < 1.29 is 0 Å². The van der Waals surface area contributed by atoms with Crippen molar-refractivity contribution in [1.82, 2.24) is 9.88 Å². The van der Waals surface area contributed by atoms with E-state index in [-0.39, 0.29) is 0 Å². The molecule has 4 heteroatoms. The average Bonchev–Trinajstić information content (AvgIpc) is 2.39. The lowest BCUT2D eigenvalue weighted by molar-refractivity contribution is 0.285. The summed E-state index contributed by atoms with van der Waals surface area (Å²) in [5.41, 5.74) is 8.21. The Kier molecular flexibility index (Phi) is 4.55. The predicted molar refractivity (Wildman–Crippen MR) is 75.6 cm³/mol. The summed E-state index contributed by atoms with van der Waals surface area (Å²) in [7, 11) is 4.31. The summed E-state index contributed by atoms with van der Waals surface area (Å²) in [6, 6.07) is 2.09. The largest absolute Gasteiger partial charge is 0.371 e. The normalized spacial score (nSPS) is 17.4. The SMILES string of the molecule is CN(C)CC1CCN(c2ccncc2CN)CC1. The first-order chi connectivity index (χ1) is 8.70. The number of nitrogens with zero attached hydrogens (tertiary/aromatic N) is 3. The van der Waals surface area contributed by atoms with E-state index in [0.29, 0.717) is 6.54 Å². The Morgan fingerprint density at radius 2 is 2.11 bits per heavy atom. The average molecular weight is 248 g/mol. The summed E-state index contributed by atoms with van der Waals surface area (Å²) < 4.78 is 0. The highest BCUT2D eigenvalue weighted by atomic mass is 15.1. The molecule has 0 amide bonds. The lowest BCUT2D eigenvalue weighted by atomic mass is 9.95. The molecule has 0 spiro atoms. The first-order valence-corrected chi connectivity index (χ1v) is 6.73. The molecular weight excluding hydrogens is 224 g/mol. The van der Waals surface area contributed by atoms with Crippen molar-refractivity contribution in [3.63, 3.8) is 0 Å². The zero-order valence-electron chi connectivity index (χ0n) is 11.5. The Morgan fingerprint density at radius 3 is 2.72 bits per heavy atom. The number of nitrogens with two attached hydrogens (primary N) is 1. The van der Waals surface area contributed by atoms with Crippen molar-refractivity contribution >= 4 is 5.69 Å². The number of rotatable bonds is 4. The minimum atomic E-state index is 0.570. The quantitative estimate of drug-likeness (QED) is 0.873. The summed E-state index contributed by atoms with van der Waals surface area (Å²) >= 11 is 0. The number of pyridine rings is 1. The van der Waals surface area contributed by atoms with Crippen molar-refractivity contribution in [2.24, 2.45) is 11.7 Å². The number of aromatic nitrogens is 1. The monoisotopic (exact) mass is 248 g/mol. The van der Waals surface area contributed by atoms with Gasteiger partial charge in [-0.05, 0) is 38.9 Å². The Labute approximate surface area is 110 Å². The van der Waals surface area contributed by atoms with Gasteiger partial charge >= 0.3 is 0 Å². The third kappa shape index (κ3) is 3.21. The molecule has 0 aliphatic carbocycles. The second-order valence-electron chi connectivity index (χ2n) is 5.40. The van der Waals surface area contributed by atoms with E-state index in [0.717, 1.165) is 24.6 Å². The van der Waals surface area contributed by atoms with Gasteiger partial charge in [0.15, 0.2) is 0 Å². The number of anilines is 1. The van der Waals surface area contributed by atoms with Crippen LogP contribution in [0.5, 0.6) is 0 Å². The van der Waals surface area contributed by atoms with Gasteiger partial charge in [-0.3, -0.25) is 4.98 Å². The van der Waals surface area contributed by atoms with E-state index in [2.05, 4.69) is 34.9 Å². The van der Waals surface area contributed by atoms with Crippen molar-refractivity contribution in [3.8, 4) is 0 Å². The van der Waals surface area contributed by atoms with E-state index >= 15 is 0 Å². The third-order valence-electron chi connectivity index (χ3n) is 3.68. The van der Waals surface area contributed by atoms with E-state index < -0.39 is 0 Å². The van der Waals surface area contributed by atoms with E-state index in [1.165, 1.54) is 25.1 Å². The van der Waals surface area contributed by atoms with Gasteiger partial charge in [0, 0.05) is 49.8 Å². The van der Waals surface area contributed by atoms with Crippen LogP contribution in [0.2, 0.25) is 0 Å². The molecule has 1 aliphatic rings. The smallest absolute Gasteiger partial charge is 0.0442 e. The van der Waals surface area contributed by atoms with E-state index in [9.17, 15) is 0 Å². The second kappa shape index (κ2) is 6.16. The Balaban J connectivity index is 1.97. The number of hydrogen-bond donors (Lipinski definition) is 1. The molecule has 2 N–H and O–H groups in total. The predicted octanol–water partition coefficient (Wildman–Crippen LogP) is 1.32. The van der Waals surface area contributed by atoms with Gasteiger partial charge in [0.1, 0.15) is 0 Å². The molecular formula is C14H24N4. The molecule has 1 aromatic heterocycles. The van der Waals surface area contributed by atoms with Gasteiger partial charge in [0.2, 0.25) is 0 Å². The highest BCUT2D eigenvalue weighted by Gasteiger charge is 2.21. The van der Waals surface area contributed by atoms with Crippen LogP contribution in [0.4, 0.5) is 5.69 Å². The summed E-state index contributed by atoms with van der Waals surface area (Å²) in [4.78, 5) is 8.90. The topological polar surface area (TPSA) is 45.4 Å². The van der Waals surface area contributed by atoms with Crippen LogP contribution < -0.4 is 10.6 Å². The molecule has 18 heavy (non-hydrogen) atoms. The summed E-state index contributed by atoms with van der Waals surface area (Å²) in [5.74, 6) is 0.833. The first-order valence-electron chi connectivity index (χ1n) is 6.73. The summed E-state index contributed by atoms with van der Waals surface area (Å²) in [5, 5.41) is 0. The van der Waals surface area contributed by atoms with Crippen LogP contribution in [0.3, 0.4) is 0 Å². The van der Waals surface area contributed by atoms with Gasteiger partial charge in [-0.2, -0.15) is 0 Å². The fourth-order valence-electron chi connectivity index (χ4n) is 2.76. The van der Waals surface area contributed by atoms with Crippen LogP contribution in [0, 0.1) is 5.92 Å². The number of piperidine rings is 1. The van der Waals surface area contributed by atoms with Crippen LogP contribution in [0.1, 0.15) is 18.4 Å². The van der Waals surface area contributed by atoms with Gasteiger partial charge in [0.25, 0.3) is 0 Å². The van der Waals surface area contributed by atoms with Crippen molar-refractivity contribution in [2.45, 2.75) is 19.4 Å². The first kappa shape index (κ1) is 13.3. The van der Waals surface area contributed by atoms with Crippen molar-refractivity contribution in [3.05, 3.63) is 24.0 Å². The molecule has 0 aromatic carbocycles. The maximum Gasteiger partial charge on any atom is 0.0442 e. The van der Waals surface area contributed by atoms with Gasteiger partial charge < -0.3 is 15.5 Å². The summed E-state index contributed by atoms with van der Waals surface area (Å²) in [6.45, 7) is 4.04. The fourth-order valence-corrected chi connectivity index (χ4v) is 2.76. The van der Waals surface area contributed by atoms with E-state index in [4.69, 9.17) is 5.73 Å². The zero-order chi connectivity index (χ0) is 13.0. The fraction of sp³-hybridized carbons (Fsp3) is 0.643. The zero-order valence-corrected chi connectivity index (χ0v) is 11.5. The maximum atomic E-state index is 5.78. The highest BCUT2D eigenvalue weighted by molar-refractivity contribution is 5.52. The van der Waals surface area contributed by atoms with Gasteiger partial charge in [0.05, 0.1) is 0 Å². The standard InChI is InChI=1S/C14H24N4/c1-17(2)11-12-4-7-18(8-5-12)14-3-6-16-10-13(14)9-15/h3,6,10,12H,4-5,7-9,11,15H2,1-2H3. The molecule has 1 aliphatic heterocycles. The van der Waals surface area contributed by atoms with Crippen LogP contribution in [-0.2, 0) is 6.54 Å². The maximum absolute atomic E-state index is 5.78. The molecule has 100 valence electrons. The molecule has 1 fully saturated rings. The molecule has 1 saturated heterocycles. The molecule has 0 unspecified atom stereocenters. The number of hydrogen-bond acceptors (Lipinski definition) is 4. The van der Waals surface area contributed by atoms with Crippen LogP contribution in [0.15, 0.2) is 18.5 Å². The molecule has 0 bridgehead atoms. The Bertz CT molecular complexity index is 370. The molecule has 2 rings (SSSR count). The third-order valence-corrected chi connectivity index (χ3v) is 3.68. The van der Waals surface area contributed by atoms with Gasteiger partial charge in [-0.1, -0.05) is 0 Å². The molecule has 2 heterocycles. The lowest BCUT2D eigenvalue weighted by Gasteiger charge is -2.35. The lowest BCUT2D eigenvalue weighted by Crippen LogP contribution is -2.37. The highest BCUT2D eigenvalue weighted by Crippen LogP contribution is 2.25. The van der Waals surface area contributed by atoms with Crippen molar-refractivity contribution in [2.75, 3.05) is 38.6 Å². The van der Waals surface area contributed by atoms with Gasteiger partial charge in [-0.15, -0.1) is 0 Å². The van der Waals surface area contributed by atoms with Crippen LogP contribution in [0.25, 0.3) is 0 Å². The molecule has 0 atom stereocenters. The molecule has 0 saturated carbocycles.